The second kappa shape index (κ2) is 7.65. The fourth-order valence-electron chi connectivity index (χ4n) is 1.80. The molecule has 0 saturated carbocycles. The van der Waals surface area contributed by atoms with E-state index >= 15 is 0 Å². The lowest BCUT2D eigenvalue weighted by Gasteiger charge is -2.12. The highest BCUT2D eigenvalue weighted by Gasteiger charge is 2.18. The van der Waals surface area contributed by atoms with Crippen LogP contribution in [0.5, 0.6) is 0 Å². The average molecular weight is 318 g/mol. The van der Waals surface area contributed by atoms with Crippen molar-refractivity contribution in [3.05, 3.63) is 48.3 Å². The molecule has 0 saturated heterocycles. The van der Waals surface area contributed by atoms with Crippen LogP contribution in [0.4, 0.5) is 4.79 Å². The second-order valence-electron chi connectivity index (χ2n) is 4.65. The van der Waals surface area contributed by atoms with Crippen molar-refractivity contribution in [1.29, 1.82) is 0 Å². The lowest BCUT2D eigenvalue weighted by atomic mass is 10.2. The lowest BCUT2D eigenvalue weighted by molar-refractivity contribution is -0.119. The van der Waals surface area contributed by atoms with Crippen molar-refractivity contribution >= 4 is 23.7 Å². The van der Waals surface area contributed by atoms with Gasteiger partial charge in [0.25, 0.3) is 0 Å². The molecule has 1 aromatic carbocycles. The van der Waals surface area contributed by atoms with Gasteiger partial charge in [-0.05, 0) is 12.5 Å². The number of hydrogen-bond donors (Lipinski definition) is 2. The van der Waals surface area contributed by atoms with Gasteiger partial charge in [-0.2, -0.15) is 0 Å². The van der Waals surface area contributed by atoms with Gasteiger partial charge in [0.1, 0.15) is 0 Å². The molecule has 2 aromatic rings. The van der Waals surface area contributed by atoms with Crippen LogP contribution in [0, 0.1) is 0 Å². The molecule has 2 N–H and O–H groups in total. The summed E-state index contributed by atoms with van der Waals surface area (Å²) in [5, 5.41) is 4.93. The van der Waals surface area contributed by atoms with Gasteiger partial charge < -0.3 is 9.88 Å². The predicted molar refractivity (Wildman–Crippen MR) is 85.7 cm³/mol. The molecule has 1 heterocycles. The molecule has 116 valence electrons. The molecule has 0 spiro atoms. The van der Waals surface area contributed by atoms with Crippen LogP contribution in [0.15, 0.2) is 47.9 Å². The molecule has 1 atom stereocenters. The Morgan fingerprint density at radius 3 is 2.73 bits per heavy atom. The molecule has 0 aliphatic heterocycles. The van der Waals surface area contributed by atoms with E-state index in [-0.39, 0.29) is 5.91 Å². The predicted octanol–water partition coefficient (Wildman–Crippen LogP) is 1.87. The first-order valence-electron chi connectivity index (χ1n) is 6.84. The molecule has 7 heteroatoms. The summed E-state index contributed by atoms with van der Waals surface area (Å²) in [4.78, 5) is 27.3. The highest BCUT2D eigenvalue weighted by molar-refractivity contribution is 8.00. The van der Waals surface area contributed by atoms with Crippen LogP contribution >= 0.6 is 11.8 Å². The molecule has 22 heavy (non-hydrogen) atoms. The zero-order chi connectivity index (χ0) is 15.9. The number of amides is 3. The van der Waals surface area contributed by atoms with E-state index < -0.39 is 11.3 Å². The standard InChI is InChI=1S/C15H18N4O2S/c1-11(13(20)18-14(21)16-2)22-15-17-8-9-19(15)10-12-6-4-3-5-7-12/h3-9,11H,10H2,1-2H3,(H2,16,18,20,21)/t11-/m1/s1. The Morgan fingerprint density at radius 2 is 2.05 bits per heavy atom. The first-order chi connectivity index (χ1) is 10.6. The highest BCUT2D eigenvalue weighted by atomic mass is 32.2. The molecule has 0 radical (unpaired) electrons. The Morgan fingerprint density at radius 1 is 1.32 bits per heavy atom. The Hall–Kier alpha value is -2.28. The van der Waals surface area contributed by atoms with Crippen LogP contribution < -0.4 is 10.6 Å². The molecule has 0 bridgehead atoms. The number of urea groups is 1. The van der Waals surface area contributed by atoms with Crippen LogP contribution in [-0.4, -0.2) is 33.8 Å². The minimum Gasteiger partial charge on any atom is -0.341 e. The van der Waals surface area contributed by atoms with Gasteiger partial charge in [0.2, 0.25) is 5.91 Å². The van der Waals surface area contributed by atoms with Crippen LogP contribution in [-0.2, 0) is 11.3 Å². The summed E-state index contributed by atoms with van der Waals surface area (Å²) in [6.07, 6.45) is 3.58. The number of benzene rings is 1. The maximum Gasteiger partial charge on any atom is 0.321 e. The number of carbonyl (C=O) groups is 2. The lowest BCUT2D eigenvalue weighted by Crippen LogP contribution is -2.41. The quantitative estimate of drug-likeness (QED) is 0.825. The number of thioether (sulfide) groups is 1. The number of nitrogens with one attached hydrogen (secondary N) is 2. The van der Waals surface area contributed by atoms with Crippen molar-refractivity contribution in [2.24, 2.45) is 0 Å². The van der Waals surface area contributed by atoms with E-state index in [2.05, 4.69) is 15.6 Å². The van der Waals surface area contributed by atoms with E-state index in [1.165, 1.54) is 18.8 Å². The van der Waals surface area contributed by atoms with Crippen LogP contribution in [0.1, 0.15) is 12.5 Å². The van der Waals surface area contributed by atoms with Gasteiger partial charge in [-0.3, -0.25) is 10.1 Å². The summed E-state index contributed by atoms with van der Waals surface area (Å²) in [7, 11) is 1.47. The van der Waals surface area contributed by atoms with E-state index in [4.69, 9.17) is 0 Å². The Balaban J connectivity index is 2.00. The van der Waals surface area contributed by atoms with Gasteiger partial charge in [-0.15, -0.1) is 0 Å². The van der Waals surface area contributed by atoms with Crippen molar-refractivity contribution in [3.8, 4) is 0 Å². The summed E-state index contributed by atoms with van der Waals surface area (Å²) in [6, 6.07) is 9.51. The van der Waals surface area contributed by atoms with Gasteiger partial charge in [0.05, 0.1) is 5.25 Å². The smallest absolute Gasteiger partial charge is 0.321 e. The molecular weight excluding hydrogens is 300 g/mol. The van der Waals surface area contributed by atoms with Gasteiger partial charge in [0.15, 0.2) is 5.16 Å². The number of imide groups is 1. The number of aromatic nitrogens is 2. The van der Waals surface area contributed by atoms with Gasteiger partial charge in [0, 0.05) is 26.0 Å². The van der Waals surface area contributed by atoms with Crippen molar-refractivity contribution in [2.45, 2.75) is 23.9 Å². The highest BCUT2D eigenvalue weighted by Crippen LogP contribution is 2.22. The van der Waals surface area contributed by atoms with Crippen molar-refractivity contribution in [3.63, 3.8) is 0 Å². The fourth-order valence-corrected chi connectivity index (χ4v) is 2.67. The number of hydrogen-bond acceptors (Lipinski definition) is 4. The fraction of sp³-hybridized carbons (Fsp3) is 0.267. The summed E-state index contributed by atoms with van der Waals surface area (Å²) < 4.78 is 1.98. The molecule has 3 amide bonds. The van der Waals surface area contributed by atoms with Gasteiger partial charge in [-0.1, -0.05) is 42.1 Å². The van der Waals surface area contributed by atoms with E-state index in [9.17, 15) is 9.59 Å². The van der Waals surface area contributed by atoms with Gasteiger partial charge in [-0.25, -0.2) is 9.78 Å². The Bertz CT molecular complexity index is 642. The summed E-state index contributed by atoms with van der Waals surface area (Å²) in [5.74, 6) is -0.349. The van der Waals surface area contributed by atoms with Crippen LogP contribution in [0.25, 0.3) is 0 Å². The van der Waals surface area contributed by atoms with Gasteiger partial charge >= 0.3 is 6.03 Å². The number of imidazole rings is 1. The average Bonchev–Trinajstić information content (AvgIpc) is 2.95. The van der Waals surface area contributed by atoms with Crippen LogP contribution in [0.2, 0.25) is 0 Å². The molecule has 1 aromatic heterocycles. The Kier molecular flexibility index (Phi) is 5.60. The molecular formula is C15H18N4O2S. The molecule has 6 nitrogen and oxygen atoms in total. The molecule has 0 unspecified atom stereocenters. The molecule has 0 aliphatic rings. The van der Waals surface area contributed by atoms with Crippen molar-refractivity contribution in [2.75, 3.05) is 7.05 Å². The minimum absolute atomic E-state index is 0.349. The maximum atomic E-state index is 11.9. The third-order valence-corrected chi connectivity index (χ3v) is 4.11. The zero-order valence-electron chi connectivity index (χ0n) is 12.4. The molecule has 0 fully saturated rings. The number of carbonyl (C=O) groups excluding carboxylic acids is 2. The molecule has 2 rings (SSSR count). The minimum atomic E-state index is -0.509. The third-order valence-electron chi connectivity index (χ3n) is 2.99. The summed E-state index contributed by atoms with van der Waals surface area (Å²) in [6.45, 7) is 2.43. The second-order valence-corrected chi connectivity index (χ2v) is 5.96. The van der Waals surface area contributed by atoms with E-state index in [0.29, 0.717) is 6.54 Å². The number of rotatable bonds is 5. The maximum absolute atomic E-state index is 11.9. The van der Waals surface area contributed by atoms with E-state index in [1.54, 1.807) is 13.1 Å². The third kappa shape index (κ3) is 4.36. The summed E-state index contributed by atoms with van der Waals surface area (Å²) >= 11 is 1.32. The first-order valence-corrected chi connectivity index (χ1v) is 7.72. The van der Waals surface area contributed by atoms with E-state index in [1.807, 2.05) is 41.1 Å². The van der Waals surface area contributed by atoms with Crippen LogP contribution in [0.3, 0.4) is 0 Å². The van der Waals surface area contributed by atoms with E-state index in [0.717, 1.165) is 10.7 Å². The monoisotopic (exact) mass is 318 g/mol. The first kappa shape index (κ1) is 16.1. The normalized spacial score (nSPS) is 11.7. The topological polar surface area (TPSA) is 76.0 Å². The zero-order valence-corrected chi connectivity index (χ0v) is 13.3. The SMILES string of the molecule is CNC(=O)NC(=O)[C@@H](C)Sc1nccn1Cc1ccccc1. The summed E-state index contributed by atoms with van der Waals surface area (Å²) in [5.41, 5.74) is 1.16. The number of nitrogens with zero attached hydrogens (tertiary/aromatic N) is 2. The van der Waals surface area contributed by atoms with Crippen molar-refractivity contribution in [1.82, 2.24) is 20.2 Å². The van der Waals surface area contributed by atoms with Crippen molar-refractivity contribution < 1.29 is 9.59 Å². The Labute approximate surface area is 133 Å². The largest absolute Gasteiger partial charge is 0.341 e. The molecule has 0 aliphatic carbocycles.